The fraction of sp³-hybridized carbons (Fsp3) is 0.533. The zero-order valence-corrected chi connectivity index (χ0v) is 12.6. The molecule has 112 valence electrons. The molecule has 1 atom stereocenters. The van der Waals surface area contributed by atoms with Crippen LogP contribution >= 0.6 is 0 Å². The predicted octanol–water partition coefficient (Wildman–Crippen LogP) is 2.25. The molecule has 2 aromatic rings. The maximum absolute atomic E-state index is 13.9. The van der Waals surface area contributed by atoms with Gasteiger partial charge in [0, 0.05) is 25.0 Å². The van der Waals surface area contributed by atoms with E-state index in [2.05, 4.69) is 26.8 Å². The van der Waals surface area contributed by atoms with Gasteiger partial charge in [-0.15, -0.1) is 0 Å². The maximum atomic E-state index is 13.9. The molecule has 0 bridgehead atoms. The largest absolute Gasteiger partial charge is 0.379 e. The second kappa shape index (κ2) is 5.52. The summed E-state index contributed by atoms with van der Waals surface area (Å²) in [6.07, 6.45) is 1.05. The average molecular weight is 290 g/mol. The first-order valence-electron chi connectivity index (χ1n) is 7.18. The molecule has 0 amide bonds. The van der Waals surface area contributed by atoms with Crippen LogP contribution in [0, 0.1) is 25.8 Å². The second-order valence-electron chi connectivity index (χ2n) is 5.67. The van der Waals surface area contributed by atoms with E-state index in [4.69, 9.17) is 4.74 Å². The number of pyridine rings is 1. The molecular weight excluding hydrogens is 271 g/mol. The molecule has 0 spiro atoms. The van der Waals surface area contributed by atoms with Crippen molar-refractivity contribution in [2.45, 2.75) is 20.8 Å². The zero-order valence-electron chi connectivity index (χ0n) is 12.6. The highest BCUT2D eigenvalue weighted by atomic mass is 19.1. The van der Waals surface area contributed by atoms with Crippen LogP contribution in [0.3, 0.4) is 0 Å². The van der Waals surface area contributed by atoms with Crippen molar-refractivity contribution in [2.24, 2.45) is 5.92 Å². The molecule has 1 unspecified atom stereocenters. The van der Waals surface area contributed by atoms with Gasteiger partial charge in [-0.25, -0.2) is 4.98 Å². The van der Waals surface area contributed by atoms with Gasteiger partial charge in [0.15, 0.2) is 0 Å². The van der Waals surface area contributed by atoms with E-state index in [0.29, 0.717) is 30.4 Å². The lowest BCUT2D eigenvalue weighted by molar-refractivity contribution is 0.129. The maximum Gasteiger partial charge on any atom is 0.311 e. The van der Waals surface area contributed by atoms with E-state index in [-0.39, 0.29) is 0 Å². The second-order valence-corrected chi connectivity index (χ2v) is 5.67. The van der Waals surface area contributed by atoms with E-state index < -0.39 is 6.08 Å². The molecule has 3 heterocycles. The lowest BCUT2D eigenvalue weighted by Crippen LogP contribution is -2.30. The molecule has 5 nitrogen and oxygen atoms in total. The number of rotatable bonds is 1. The van der Waals surface area contributed by atoms with Gasteiger partial charge in [-0.05, 0) is 25.3 Å². The molecule has 1 aliphatic rings. The highest BCUT2D eigenvalue weighted by Crippen LogP contribution is 2.27. The highest BCUT2D eigenvalue weighted by Gasteiger charge is 2.21. The van der Waals surface area contributed by atoms with Crippen molar-refractivity contribution in [1.82, 2.24) is 15.0 Å². The van der Waals surface area contributed by atoms with Crippen LogP contribution in [0.4, 0.5) is 10.2 Å². The minimum Gasteiger partial charge on any atom is -0.379 e. The topological polar surface area (TPSA) is 51.1 Å². The van der Waals surface area contributed by atoms with E-state index in [1.807, 2.05) is 13.8 Å². The molecule has 6 heteroatoms. The Labute approximate surface area is 123 Å². The summed E-state index contributed by atoms with van der Waals surface area (Å²) in [7, 11) is 0. The number of nitrogens with zero attached hydrogens (tertiary/aromatic N) is 4. The highest BCUT2D eigenvalue weighted by molar-refractivity contribution is 5.91. The number of ether oxygens (including phenoxy) is 1. The van der Waals surface area contributed by atoms with Crippen molar-refractivity contribution >= 4 is 16.7 Å². The van der Waals surface area contributed by atoms with Crippen LogP contribution in [0.1, 0.15) is 18.2 Å². The standard InChI is InChI=1S/C15H19FN4O/c1-9-7-20(4-5-21-8-9)14-12-6-17-11(3)10(2)13(12)18-15(16)19-14/h6,9H,4-5,7-8H2,1-3H3. The third-order valence-electron chi connectivity index (χ3n) is 3.92. The summed E-state index contributed by atoms with van der Waals surface area (Å²) in [6.45, 7) is 8.76. The first kappa shape index (κ1) is 14.1. The summed E-state index contributed by atoms with van der Waals surface area (Å²) < 4.78 is 19.4. The van der Waals surface area contributed by atoms with Crippen molar-refractivity contribution in [3.8, 4) is 0 Å². The number of hydrogen-bond acceptors (Lipinski definition) is 5. The van der Waals surface area contributed by atoms with Gasteiger partial charge in [0.25, 0.3) is 0 Å². The molecule has 2 aromatic heterocycles. The molecule has 0 N–H and O–H groups in total. The Morgan fingerprint density at radius 2 is 2.14 bits per heavy atom. The van der Waals surface area contributed by atoms with Crippen LogP contribution < -0.4 is 4.90 Å². The smallest absolute Gasteiger partial charge is 0.311 e. The average Bonchev–Trinajstić information content (AvgIpc) is 2.67. The lowest BCUT2D eigenvalue weighted by Gasteiger charge is -2.24. The Kier molecular flexibility index (Phi) is 3.71. The molecule has 21 heavy (non-hydrogen) atoms. The van der Waals surface area contributed by atoms with Gasteiger partial charge in [0.2, 0.25) is 0 Å². The van der Waals surface area contributed by atoms with Crippen molar-refractivity contribution in [3.05, 3.63) is 23.5 Å². The van der Waals surface area contributed by atoms with E-state index in [9.17, 15) is 4.39 Å². The predicted molar refractivity (Wildman–Crippen MR) is 79.0 cm³/mol. The number of hydrogen-bond donors (Lipinski definition) is 0. The van der Waals surface area contributed by atoms with Crippen LogP contribution in [0.15, 0.2) is 6.20 Å². The van der Waals surface area contributed by atoms with Crippen molar-refractivity contribution in [1.29, 1.82) is 0 Å². The normalized spacial score (nSPS) is 19.8. The van der Waals surface area contributed by atoms with Gasteiger partial charge in [0.05, 0.1) is 24.1 Å². The lowest BCUT2D eigenvalue weighted by atomic mass is 10.1. The summed E-state index contributed by atoms with van der Waals surface area (Å²) >= 11 is 0. The number of aromatic nitrogens is 3. The SMILES string of the molecule is Cc1ncc2c(N3CCOCC(C)C3)nc(F)nc2c1C. The Balaban J connectivity index is 2.15. The quantitative estimate of drug-likeness (QED) is 0.754. The Bertz CT molecular complexity index is 676. The molecule has 0 aromatic carbocycles. The Morgan fingerprint density at radius 3 is 2.95 bits per heavy atom. The molecule has 3 rings (SSSR count). The van der Waals surface area contributed by atoms with Gasteiger partial charge in [-0.1, -0.05) is 6.92 Å². The van der Waals surface area contributed by atoms with E-state index in [0.717, 1.165) is 29.8 Å². The van der Waals surface area contributed by atoms with E-state index in [1.54, 1.807) is 6.20 Å². The Morgan fingerprint density at radius 1 is 1.33 bits per heavy atom. The van der Waals surface area contributed by atoms with Crippen LogP contribution in [-0.4, -0.2) is 41.3 Å². The molecular formula is C15H19FN4O. The van der Waals surface area contributed by atoms with E-state index >= 15 is 0 Å². The van der Waals surface area contributed by atoms with Crippen molar-refractivity contribution < 1.29 is 9.13 Å². The minimum atomic E-state index is -0.691. The minimum absolute atomic E-state index is 0.375. The van der Waals surface area contributed by atoms with Crippen LogP contribution in [-0.2, 0) is 4.74 Å². The number of aryl methyl sites for hydroxylation is 2. The van der Waals surface area contributed by atoms with Crippen molar-refractivity contribution in [3.63, 3.8) is 0 Å². The van der Waals surface area contributed by atoms with E-state index in [1.165, 1.54) is 0 Å². The molecule has 0 aliphatic carbocycles. The van der Waals surface area contributed by atoms with Gasteiger partial charge < -0.3 is 9.64 Å². The first-order chi connectivity index (χ1) is 10.1. The molecule has 0 saturated carbocycles. The number of fused-ring (bicyclic) bond motifs is 1. The zero-order chi connectivity index (χ0) is 15.0. The van der Waals surface area contributed by atoms with Gasteiger partial charge in [-0.2, -0.15) is 9.37 Å². The summed E-state index contributed by atoms with van der Waals surface area (Å²) in [6, 6.07) is 0. The molecule has 0 radical (unpaired) electrons. The first-order valence-corrected chi connectivity index (χ1v) is 7.18. The van der Waals surface area contributed by atoms with Gasteiger partial charge in [0.1, 0.15) is 5.82 Å². The van der Waals surface area contributed by atoms with Crippen LogP contribution in [0.2, 0.25) is 0 Å². The van der Waals surface area contributed by atoms with Crippen LogP contribution in [0.25, 0.3) is 10.9 Å². The summed E-state index contributed by atoms with van der Waals surface area (Å²) in [5.41, 5.74) is 2.40. The number of halogens is 1. The fourth-order valence-corrected chi connectivity index (χ4v) is 2.68. The Hall–Kier alpha value is -1.82. The number of anilines is 1. The monoisotopic (exact) mass is 290 g/mol. The van der Waals surface area contributed by atoms with Crippen molar-refractivity contribution in [2.75, 3.05) is 31.2 Å². The third kappa shape index (κ3) is 2.68. The molecule has 1 fully saturated rings. The van der Waals surface area contributed by atoms with Gasteiger partial charge in [-0.3, -0.25) is 4.98 Å². The van der Waals surface area contributed by atoms with Gasteiger partial charge >= 0.3 is 6.08 Å². The third-order valence-corrected chi connectivity index (χ3v) is 3.92. The van der Waals surface area contributed by atoms with Crippen LogP contribution in [0.5, 0.6) is 0 Å². The summed E-state index contributed by atoms with van der Waals surface area (Å²) in [4.78, 5) is 14.4. The molecule has 1 aliphatic heterocycles. The summed E-state index contributed by atoms with van der Waals surface area (Å²) in [5, 5.41) is 0.800. The molecule has 1 saturated heterocycles. The fourth-order valence-electron chi connectivity index (χ4n) is 2.68. The summed E-state index contributed by atoms with van der Waals surface area (Å²) in [5.74, 6) is 0.991.